The normalized spacial score (nSPS) is 12.5. The lowest BCUT2D eigenvalue weighted by Gasteiger charge is -2.24. The van der Waals surface area contributed by atoms with E-state index in [0.29, 0.717) is 6.54 Å². The monoisotopic (exact) mass is 251 g/mol. The Balaban J connectivity index is 4.09. The first kappa shape index (κ1) is 15.3. The molecule has 0 aromatic carbocycles. The zero-order valence-electron chi connectivity index (χ0n) is 10.3. The highest BCUT2D eigenvalue weighted by atomic mass is 32.2. The average Bonchev–Trinajstić information content (AvgIpc) is 2.17. The van der Waals surface area contributed by atoms with Gasteiger partial charge < -0.3 is 10.6 Å². The van der Waals surface area contributed by atoms with Crippen molar-refractivity contribution in [3.05, 3.63) is 0 Å². The van der Waals surface area contributed by atoms with Crippen molar-refractivity contribution in [2.45, 2.75) is 26.3 Å². The fourth-order valence-corrected chi connectivity index (χ4v) is 1.72. The van der Waals surface area contributed by atoms with Crippen LogP contribution in [0.25, 0.3) is 0 Å². The molecular weight excluding hydrogens is 230 g/mol. The SMILES string of the molecule is CCNC(C)(C)C(=O)NCCS(=O)(=O)NC. The van der Waals surface area contributed by atoms with Gasteiger partial charge in [0.05, 0.1) is 11.3 Å². The molecular formula is C9H21N3O3S. The van der Waals surface area contributed by atoms with Crippen molar-refractivity contribution in [3.63, 3.8) is 0 Å². The summed E-state index contributed by atoms with van der Waals surface area (Å²) < 4.78 is 24.3. The Bertz CT molecular complexity index is 325. The van der Waals surface area contributed by atoms with E-state index in [4.69, 9.17) is 0 Å². The minimum Gasteiger partial charge on any atom is -0.353 e. The standard InChI is InChI=1S/C9H21N3O3S/c1-5-12-9(2,3)8(13)11-6-7-16(14,15)10-4/h10,12H,5-7H2,1-4H3,(H,11,13). The predicted molar refractivity (Wildman–Crippen MR) is 63.6 cm³/mol. The molecule has 96 valence electrons. The molecule has 0 unspecified atom stereocenters. The van der Waals surface area contributed by atoms with Crippen LogP contribution in [-0.4, -0.2) is 45.8 Å². The first-order chi connectivity index (χ1) is 7.25. The Morgan fingerprint density at radius 1 is 1.31 bits per heavy atom. The van der Waals surface area contributed by atoms with Gasteiger partial charge in [0.2, 0.25) is 15.9 Å². The maximum atomic E-state index is 11.6. The van der Waals surface area contributed by atoms with E-state index in [1.807, 2.05) is 6.92 Å². The van der Waals surface area contributed by atoms with Crippen LogP contribution in [0.1, 0.15) is 20.8 Å². The Morgan fingerprint density at radius 3 is 2.31 bits per heavy atom. The average molecular weight is 251 g/mol. The number of hydrogen-bond donors (Lipinski definition) is 3. The number of hydrogen-bond acceptors (Lipinski definition) is 4. The number of rotatable bonds is 7. The molecule has 0 aromatic rings. The second-order valence-corrected chi connectivity index (χ2v) is 5.98. The third kappa shape index (κ3) is 5.43. The number of sulfonamides is 1. The van der Waals surface area contributed by atoms with Crippen molar-refractivity contribution in [2.75, 3.05) is 25.9 Å². The van der Waals surface area contributed by atoms with Crippen LogP contribution in [0.4, 0.5) is 0 Å². The number of nitrogens with one attached hydrogen (secondary N) is 3. The minimum atomic E-state index is -3.26. The van der Waals surface area contributed by atoms with Gasteiger partial charge in [-0.3, -0.25) is 4.79 Å². The zero-order chi connectivity index (χ0) is 12.8. The van der Waals surface area contributed by atoms with Gasteiger partial charge >= 0.3 is 0 Å². The van der Waals surface area contributed by atoms with E-state index in [2.05, 4.69) is 15.4 Å². The van der Waals surface area contributed by atoms with Crippen LogP contribution >= 0.6 is 0 Å². The van der Waals surface area contributed by atoms with Crippen molar-refractivity contribution >= 4 is 15.9 Å². The lowest BCUT2D eigenvalue weighted by Crippen LogP contribution is -2.53. The summed E-state index contributed by atoms with van der Waals surface area (Å²) in [5, 5.41) is 5.58. The Hall–Kier alpha value is -0.660. The first-order valence-corrected chi connectivity index (χ1v) is 6.85. The van der Waals surface area contributed by atoms with Crippen LogP contribution in [0.2, 0.25) is 0 Å². The summed E-state index contributed by atoms with van der Waals surface area (Å²) in [5.41, 5.74) is -0.682. The highest BCUT2D eigenvalue weighted by Crippen LogP contribution is 2.00. The smallest absolute Gasteiger partial charge is 0.239 e. The predicted octanol–water partition coefficient (Wildman–Crippen LogP) is -0.960. The van der Waals surface area contributed by atoms with E-state index in [0.717, 1.165) is 0 Å². The first-order valence-electron chi connectivity index (χ1n) is 5.19. The van der Waals surface area contributed by atoms with E-state index in [9.17, 15) is 13.2 Å². The molecule has 16 heavy (non-hydrogen) atoms. The number of likely N-dealkylation sites (N-methyl/N-ethyl adjacent to an activating group) is 1. The van der Waals surface area contributed by atoms with Gasteiger partial charge in [0.1, 0.15) is 0 Å². The molecule has 0 fully saturated rings. The number of carbonyl (C=O) groups excluding carboxylic acids is 1. The highest BCUT2D eigenvalue weighted by Gasteiger charge is 2.25. The van der Waals surface area contributed by atoms with Gasteiger partial charge in [-0.25, -0.2) is 13.1 Å². The molecule has 0 heterocycles. The van der Waals surface area contributed by atoms with Gasteiger partial charge in [-0.15, -0.1) is 0 Å². The highest BCUT2D eigenvalue weighted by molar-refractivity contribution is 7.89. The molecule has 0 saturated heterocycles. The summed E-state index contributed by atoms with van der Waals surface area (Å²) in [6, 6.07) is 0. The van der Waals surface area contributed by atoms with Crippen molar-refractivity contribution in [1.82, 2.24) is 15.4 Å². The summed E-state index contributed by atoms with van der Waals surface area (Å²) >= 11 is 0. The van der Waals surface area contributed by atoms with E-state index in [1.54, 1.807) is 13.8 Å². The molecule has 0 atom stereocenters. The summed E-state index contributed by atoms with van der Waals surface area (Å²) in [4.78, 5) is 11.6. The van der Waals surface area contributed by atoms with Gasteiger partial charge in [-0.1, -0.05) is 6.92 Å². The molecule has 7 heteroatoms. The van der Waals surface area contributed by atoms with Gasteiger partial charge in [0, 0.05) is 6.54 Å². The Kier molecular flexibility index (Phi) is 5.91. The molecule has 3 N–H and O–H groups in total. The van der Waals surface area contributed by atoms with Crippen molar-refractivity contribution in [2.24, 2.45) is 0 Å². The molecule has 0 rings (SSSR count). The van der Waals surface area contributed by atoms with Gasteiger partial charge in [-0.2, -0.15) is 0 Å². The lowest BCUT2D eigenvalue weighted by atomic mass is 10.1. The van der Waals surface area contributed by atoms with Crippen LogP contribution in [-0.2, 0) is 14.8 Å². The second kappa shape index (κ2) is 6.17. The lowest BCUT2D eigenvalue weighted by molar-refractivity contribution is -0.126. The molecule has 0 aromatic heterocycles. The molecule has 0 aliphatic heterocycles. The van der Waals surface area contributed by atoms with Crippen LogP contribution in [0.5, 0.6) is 0 Å². The van der Waals surface area contributed by atoms with Crippen molar-refractivity contribution in [1.29, 1.82) is 0 Å². The Morgan fingerprint density at radius 2 is 1.88 bits per heavy atom. The fraction of sp³-hybridized carbons (Fsp3) is 0.889. The summed E-state index contributed by atoms with van der Waals surface area (Å²) in [6.45, 7) is 6.18. The molecule has 1 amide bonds. The van der Waals surface area contributed by atoms with E-state index in [-0.39, 0.29) is 18.2 Å². The van der Waals surface area contributed by atoms with Crippen LogP contribution < -0.4 is 15.4 Å². The van der Waals surface area contributed by atoms with Crippen LogP contribution in [0.15, 0.2) is 0 Å². The van der Waals surface area contributed by atoms with Gasteiger partial charge in [-0.05, 0) is 27.4 Å². The minimum absolute atomic E-state index is 0.108. The quantitative estimate of drug-likeness (QED) is 0.544. The van der Waals surface area contributed by atoms with Crippen molar-refractivity contribution < 1.29 is 13.2 Å². The number of carbonyl (C=O) groups is 1. The Labute approximate surface area is 97.2 Å². The van der Waals surface area contributed by atoms with Crippen LogP contribution in [0, 0.1) is 0 Å². The molecule has 0 bridgehead atoms. The van der Waals surface area contributed by atoms with Crippen LogP contribution in [0.3, 0.4) is 0 Å². The molecule has 0 saturated carbocycles. The second-order valence-electron chi connectivity index (χ2n) is 3.93. The summed E-state index contributed by atoms with van der Waals surface area (Å²) in [5.74, 6) is -0.321. The fourth-order valence-electron chi connectivity index (χ4n) is 1.14. The zero-order valence-corrected chi connectivity index (χ0v) is 11.1. The third-order valence-electron chi connectivity index (χ3n) is 2.15. The maximum Gasteiger partial charge on any atom is 0.239 e. The van der Waals surface area contributed by atoms with Crippen molar-refractivity contribution in [3.8, 4) is 0 Å². The van der Waals surface area contributed by atoms with Gasteiger partial charge in [0.25, 0.3) is 0 Å². The molecule has 0 spiro atoms. The van der Waals surface area contributed by atoms with E-state index >= 15 is 0 Å². The van der Waals surface area contributed by atoms with E-state index < -0.39 is 15.6 Å². The summed E-state index contributed by atoms with van der Waals surface area (Å²) in [7, 11) is -1.91. The third-order valence-corrected chi connectivity index (χ3v) is 3.52. The number of amides is 1. The molecule has 0 radical (unpaired) electrons. The molecule has 0 aliphatic carbocycles. The van der Waals surface area contributed by atoms with E-state index in [1.165, 1.54) is 7.05 Å². The molecule has 0 aliphatic rings. The van der Waals surface area contributed by atoms with Gasteiger partial charge in [0.15, 0.2) is 0 Å². The molecule has 6 nitrogen and oxygen atoms in total. The topological polar surface area (TPSA) is 87.3 Å². The summed E-state index contributed by atoms with van der Waals surface area (Å²) in [6.07, 6.45) is 0. The largest absolute Gasteiger partial charge is 0.353 e. The maximum absolute atomic E-state index is 11.6.